The van der Waals surface area contributed by atoms with Crippen LogP contribution >= 0.6 is 0 Å². The van der Waals surface area contributed by atoms with Crippen molar-refractivity contribution in [3.8, 4) is 11.3 Å². The minimum absolute atomic E-state index is 0.0952. The lowest BCUT2D eigenvalue weighted by atomic mass is 10.1. The van der Waals surface area contributed by atoms with Crippen molar-refractivity contribution in [1.29, 1.82) is 0 Å². The Kier molecular flexibility index (Phi) is 6.38. The Morgan fingerprint density at radius 1 is 1.14 bits per heavy atom. The summed E-state index contributed by atoms with van der Waals surface area (Å²) >= 11 is 0. The second kappa shape index (κ2) is 9.50. The number of hydrogen-bond donors (Lipinski definition) is 2. The zero-order chi connectivity index (χ0) is 25.4. The van der Waals surface area contributed by atoms with Gasteiger partial charge in [0, 0.05) is 49.7 Å². The van der Waals surface area contributed by atoms with Crippen molar-refractivity contribution in [2.75, 3.05) is 23.3 Å². The fraction of sp³-hybridized carbons (Fsp3) is 0.500. The van der Waals surface area contributed by atoms with Gasteiger partial charge >= 0.3 is 0 Å². The highest BCUT2D eigenvalue weighted by Gasteiger charge is 2.22. The smallest absolute Gasteiger partial charge is 0.229 e. The largest absolute Gasteiger partial charge is 0.364 e. The molecule has 0 aliphatic carbocycles. The summed E-state index contributed by atoms with van der Waals surface area (Å²) in [7, 11) is 0. The zero-order valence-electron chi connectivity index (χ0n) is 21.8. The predicted molar refractivity (Wildman–Crippen MR) is 143 cm³/mol. The van der Waals surface area contributed by atoms with Gasteiger partial charge in [0.15, 0.2) is 17.0 Å². The molecule has 1 saturated heterocycles. The van der Waals surface area contributed by atoms with E-state index in [4.69, 9.17) is 15.7 Å². The number of nitrogens with two attached hydrogens (primary N) is 1. The molecule has 0 spiro atoms. The fourth-order valence-corrected chi connectivity index (χ4v) is 4.48. The fourth-order valence-electron chi connectivity index (χ4n) is 4.48. The number of rotatable bonds is 6. The van der Waals surface area contributed by atoms with E-state index in [2.05, 4.69) is 76.7 Å². The maximum absolute atomic E-state index is 6.14. The Bertz CT molecular complexity index is 1340. The number of aromatic nitrogens is 7. The van der Waals surface area contributed by atoms with Crippen molar-refractivity contribution in [3.05, 3.63) is 42.6 Å². The zero-order valence-corrected chi connectivity index (χ0v) is 21.8. The first kappa shape index (κ1) is 24.2. The molecule has 0 unspecified atom stereocenters. The topological polar surface area (TPSA) is 116 Å². The third-order valence-corrected chi connectivity index (χ3v) is 6.67. The molecular formula is C26H36N10. The van der Waals surface area contributed by atoms with E-state index in [0.717, 1.165) is 65.7 Å². The molecule has 0 radical (unpaired) electrons. The number of imidazole rings is 1. The molecule has 1 aliphatic heterocycles. The molecule has 5 rings (SSSR count). The molecule has 4 aromatic heterocycles. The van der Waals surface area contributed by atoms with Gasteiger partial charge in [-0.25, -0.2) is 4.98 Å². The molecule has 4 aromatic rings. The van der Waals surface area contributed by atoms with Gasteiger partial charge in [0.05, 0.1) is 23.8 Å². The van der Waals surface area contributed by atoms with Crippen molar-refractivity contribution in [1.82, 2.24) is 34.3 Å². The summed E-state index contributed by atoms with van der Waals surface area (Å²) in [6, 6.07) is 4.53. The summed E-state index contributed by atoms with van der Waals surface area (Å²) in [6.45, 7) is 12.9. The SMILES string of the molecule is CC(C)n1cnc2c(NCc3cccnc3-c3cnn(C(C)(C)C)c3)nc(N3CCC(N)CC3)nc21. The number of anilines is 2. The average Bonchev–Trinajstić information content (AvgIpc) is 3.51. The molecule has 1 aliphatic rings. The van der Waals surface area contributed by atoms with Crippen LogP contribution in [0.2, 0.25) is 0 Å². The van der Waals surface area contributed by atoms with Crippen LogP contribution < -0.4 is 16.0 Å². The van der Waals surface area contributed by atoms with Gasteiger partial charge in [-0.3, -0.25) is 9.67 Å². The second-order valence-electron chi connectivity index (χ2n) is 10.8. The minimum Gasteiger partial charge on any atom is -0.364 e. The van der Waals surface area contributed by atoms with Gasteiger partial charge in [0.25, 0.3) is 0 Å². The van der Waals surface area contributed by atoms with E-state index in [9.17, 15) is 0 Å². The quantitative estimate of drug-likeness (QED) is 0.419. The molecule has 0 atom stereocenters. The van der Waals surface area contributed by atoms with Crippen LogP contribution in [0.1, 0.15) is 59.1 Å². The van der Waals surface area contributed by atoms with Crippen LogP contribution in [0.25, 0.3) is 22.4 Å². The van der Waals surface area contributed by atoms with Crippen LogP contribution in [0, 0.1) is 0 Å². The van der Waals surface area contributed by atoms with E-state index in [-0.39, 0.29) is 17.6 Å². The lowest BCUT2D eigenvalue weighted by Gasteiger charge is -2.30. The van der Waals surface area contributed by atoms with Crippen molar-refractivity contribution >= 4 is 22.9 Å². The summed E-state index contributed by atoms with van der Waals surface area (Å²) in [6.07, 6.45) is 9.48. The third-order valence-electron chi connectivity index (χ3n) is 6.67. The van der Waals surface area contributed by atoms with Gasteiger partial charge in [0.1, 0.15) is 0 Å². The molecule has 10 heteroatoms. The summed E-state index contributed by atoms with van der Waals surface area (Å²) in [5.41, 5.74) is 10.6. The van der Waals surface area contributed by atoms with E-state index in [0.29, 0.717) is 6.54 Å². The normalized spacial score (nSPS) is 15.2. The second-order valence-corrected chi connectivity index (χ2v) is 10.8. The lowest BCUT2D eigenvalue weighted by molar-refractivity contribution is 0.355. The third kappa shape index (κ3) is 4.77. The molecule has 1 fully saturated rings. The van der Waals surface area contributed by atoms with Crippen LogP contribution in [-0.2, 0) is 12.1 Å². The lowest BCUT2D eigenvalue weighted by Crippen LogP contribution is -2.40. The first-order valence-corrected chi connectivity index (χ1v) is 12.7. The molecule has 0 bridgehead atoms. The van der Waals surface area contributed by atoms with Crippen LogP contribution in [0.3, 0.4) is 0 Å². The molecule has 10 nitrogen and oxygen atoms in total. The van der Waals surface area contributed by atoms with Crippen LogP contribution in [0.5, 0.6) is 0 Å². The Labute approximate surface area is 212 Å². The highest BCUT2D eigenvalue weighted by molar-refractivity contribution is 5.84. The molecule has 190 valence electrons. The molecule has 0 amide bonds. The van der Waals surface area contributed by atoms with Gasteiger partial charge in [-0.05, 0) is 59.1 Å². The van der Waals surface area contributed by atoms with E-state index < -0.39 is 0 Å². The minimum atomic E-state index is -0.0952. The Hall–Kier alpha value is -3.53. The number of pyridine rings is 1. The highest BCUT2D eigenvalue weighted by Crippen LogP contribution is 2.28. The van der Waals surface area contributed by atoms with Gasteiger partial charge in [-0.15, -0.1) is 0 Å². The number of fused-ring (bicyclic) bond motifs is 1. The molecule has 36 heavy (non-hydrogen) atoms. The summed E-state index contributed by atoms with van der Waals surface area (Å²) in [5, 5.41) is 8.11. The standard InChI is InChI=1S/C26H36N10/c1-17(2)35-16-30-22-23(32-25(33-24(22)35)34-11-8-20(27)9-12-34)29-13-18-7-6-10-28-21(18)19-14-31-36(15-19)26(3,4)5/h6-7,10,14-17,20H,8-9,11-13,27H2,1-5H3,(H,29,32,33). The van der Waals surface area contributed by atoms with E-state index in [1.54, 1.807) is 0 Å². The molecule has 3 N–H and O–H groups in total. The van der Waals surface area contributed by atoms with Crippen LogP contribution in [0.4, 0.5) is 11.8 Å². The maximum atomic E-state index is 6.14. The van der Waals surface area contributed by atoms with Gasteiger partial charge in [0.2, 0.25) is 5.95 Å². The number of piperidine rings is 1. The van der Waals surface area contributed by atoms with Crippen molar-refractivity contribution < 1.29 is 0 Å². The van der Waals surface area contributed by atoms with Crippen molar-refractivity contribution in [2.24, 2.45) is 5.73 Å². The maximum Gasteiger partial charge on any atom is 0.229 e. The number of hydrogen-bond acceptors (Lipinski definition) is 8. The van der Waals surface area contributed by atoms with Crippen molar-refractivity contribution in [2.45, 2.75) is 71.6 Å². The van der Waals surface area contributed by atoms with E-state index in [1.807, 2.05) is 29.5 Å². The predicted octanol–water partition coefficient (Wildman–Crippen LogP) is 3.96. The Balaban J connectivity index is 1.47. The van der Waals surface area contributed by atoms with Crippen molar-refractivity contribution in [3.63, 3.8) is 0 Å². The van der Waals surface area contributed by atoms with Crippen LogP contribution in [-0.4, -0.2) is 53.4 Å². The first-order chi connectivity index (χ1) is 17.2. The first-order valence-electron chi connectivity index (χ1n) is 12.7. The van der Waals surface area contributed by atoms with E-state index >= 15 is 0 Å². The summed E-state index contributed by atoms with van der Waals surface area (Å²) in [4.78, 5) is 21.4. The summed E-state index contributed by atoms with van der Waals surface area (Å²) in [5.74, 6) is 1.45. The van der Waals surface area contributed by atoms with Crippen LogP contribution in [0.15, 0.2) is 37.1 Å². The number of nitrogens with zero attached hydrogens (tertiary/aromatic N) is 8. The highest BCUT2D eigenvalue weighted by atomic mass is 15.3. The number of nitrogens with one attached hydrogen (secondary N) is 1. The molecular weight excluding hydrogens is 452 g/mol. The molecule has 0 saturated carbocycles. The van der Waals surface area contributed by atoms with Gasteiger partial charge in [-0.2, -0.15) is 15.1 Å². The van der Waals surface area contributed by atoms with Gasteiger partial charge in [-0.1, -0.05) is 6.07 Å². The van der Waals surface area contributed by atoms with E-state index in [1.165, 1.54) is 0 Å². The Morgan fingerprint density at radius 3 is 2.61 bits per heavy atom. The Morgan fingerprint density at radius 2 is 1.92 bits per heavy atom. The monoisotopic (exact) mass is 488 g/mol. The summed E-state index contributed by atoms with van der Waals surface area (Å²) < 4.78 is 4.06. The average molecular weight is 489 g/mol. The molecule has 0 aromatic carbocycles. The molecule has 5 heterocycles. The van der Waals surface area contributed by atoms with Gasteiger partial charge < -0.3 is 20.5 Å².